The lowest BCUT2D eigenvalue weighted by molar-refractivity contribution is -0.126. The summed E-state index contributed by atoms with van der Waals surface area (Å²) >= 11 is 0.949. The number of hydrogen-bond acceptors (Lipinski definition) is 7. The second-order valence-electron chi connectivity index (χ2n) is 8.39. The van der Waals surface area contributed by atoms with Crippen LogP contribution in [0, 0.1) is 12.8 Å². The first-order valence-electron chi connectivity index (χ1n) is 11.3. The number of amides is 3. The fourth-order valence-electron chi connectivity index (χ4n) is 3.81. The van der Waals surface area contributed by atoms with Crippen LogP contribution >= 0.6 is 11.3 Å². The van der Waals surface area contributed by atoms with Crippen molar-refractivity contribution in [2.45, 2.75) is 26.3 Å². The molecule has 1 aromatic heterocycles. The first-order chi connectivity index (χ1) is 16.9. The third kappa shape index (κ3) is 6.21. The van der Waals surface area contributed by atoms with Crippen molar-refractivity contribution in [2.75, 3.05) is 25.5 Å². The molecule has 1 aliphatic rings. The minimum Gasteiger partial charge on any atom is -0.497 e. The fraction of sp³-hybridized carbons (Fsp3) is 0.320. The Morgan fingerprint density at radius 1 is 1.06 bits per heavy atom. The van der Waals surface area contributed by atoms with Crippen molar-refractivity contribution in [2.24, 2.45) is 5.92 Å². The first kappa shape index (κ1) is 24.3. The molecule has 10 heteroatoms. The van der Waals surface area contributed by atoms with Crippen LogP contribution in [0.25, 0.3) is 0 Å². The molecule has 0 spiro atoms. The van der Waals surface area contributed by atoms with E-state index >= 15 is 0 Å². The Labute approximate surface area is 207 Å². The van der Waals surface area contributed by atoms with Gasteiger partial charge in [-0.3, -0.25) is 14.4 Å². The highest BCUT2D eigenvalue weighted by molar-refractivity contribution is 7.15. The number of carbonyl (C=O) groups excluding carboxylic acids is 3. The Hall–Kier alpha value is -3.79. The molecule has 1 saturated heterocycles. The molecule has 2 heterocycles. The number of aryl methyl sites for hydroxylation is 1. The summed E-state index contributed by atoms with van der Waals surface area (Å²) < 4.78 is 5.15. The van der Waals surface area contributed by atoms with Gasteiger partial charge in [0, 0.05) is 25.3 Å². The standard InChI is InChI=1S/C25H27N5O4S/c1-16-5-9-19(10-6-16)27-22(32)23-28-29-24(35-23)25(33)30-13-3-4-18(15-30)21(31)26-14-17-7-11-20(34-2)12-8-17/h5-12,18H,3-4,13-15H2,1-2H3,(H,26,31)(H,27,32)/t18-/m0/s1. The van der Waals surface area contributed by atoms with E-state index in [1.165, 1.54) is 0 Å². The smallest absolute Gasteiger partial charge is 0.286 e. The number of rotatable bonds is 7. The molecule has 182 valence electrons. The maximum atomic E-state index is 13.0. The zero-order chi connectivity index (χ0) is 24.8. The van der Waals surface area contributed by atoms with Gasteiger partial charge in [0.25, 0.3) is 11.8 Å². The molecule has 4 rings (SSSR count). The van der Waals surface area contributed by atoms with Gasteiger partial charge in [0.1, 0.15) is 5.75 Å². The number of hydrogen-bond donors (Lipinski definition) is 2. The SMILES string of the molecule is COc1ccc(CNC(=O)[C@H]2CCCN(C(=O)c3nnc(C(=O)Nc4ccc(C)cc4)s3)C2)cc1. The molecule has 1 atom stereocenters. The minimum absolute atomic E-state index is 0.0891. The molecule has 3 aromatic rings. The average Bonchev–Trinajstić information content (AvgIpc) is 3.39. The van der Waals surface area contributed by atoms with E-state index in [4.69, 9.17) is 4.74 Å². The molecular weight excluding hydrogens is 466 g/mol. The lowest BCUT2D eigenvalue weighted by atomic mass is 9.97. The first-order valence-corrected chi connectivity index (χ1v) is 12.2. The van der Waals surface area contributed by atoms with Gasteiger partial charge in [0.05, 0.1) is 13.0 Å². The lowest BCUT2D eigenvalue weighted by Crippen LogP contribution is -2.45. The predicted molar refractivity (Wildman–Crippen MR) is 133 cm³/mol. The summed E-state index contributed by atoms with van der Waals surface area (Å²) in [6.07, 6.45) is 1.42. The van der Waals surface area contributed by atoms with Gasteiger partial charge >= 0.3 is 0 Å². The van der Waals surface area contributed by atoms with Crippen LogP contribution in [-0.2, 0) is 11.3 Å². The maximum Gasteiger partial charge on any atom is 0.286 e. The number of piperidine rings is 1. The summed E-state index contributed by atoms with van der Waals surface area (Å²) in [5, 5.41) is 13.8. The van der Waals surface area contributed by atoms with Crippen LogP contribution in [0.4, 0.5) is 5.69 Å². The van der Waals surface area contributed by atoms with Gasteiger partial charge in [-0.15, -0.1) is 10.2 Å². The van der Waals surface area contributed by atoms with Crippen LogP contribution in [0.3, 0.4) is 0 Å². The molecule has 0 bridgehead atoms. The number of nitrogens with zero attached hydrogens (tertiary/aromatic N) is 3. The molecule has 9 nitrogen and oxygen atoms in total. The zero-order valence-corrected chi connectivity index (χ0v) is 20.4. The Morgan fingerprint density at radius 3 is 2.49 bits per heavy atom. The Bertz CT molecular complexity index is 1190. The van der Waals surface area contributed by atoms with Crippen molar-refractivity contribution >= 4 is 34.7 Å². The van der Waals surface area contributed by atoms with E-state index in [9.17, 15) is 14.4 Å². The van der Waals surface area contributed by atoms with Gasteiger partial charge in [0.2, 0.25) is 15.9 Å². The number of aromatic nitrogens is 2. The van der Waals surface area contributed by atoms with Crippen molar-refractivity contribution in [1.82, 2.24) is 20.4 Å². The van der Waals surface area contributed by atoms with Gasteiger partial charge in [-0.2, -0.15) is 0 Å². The van der Waals surface area contributed by atoms with Crippen molar-refractivity contribution in [3.05, 3.63) is 69.7 Å². The monoisotopic (exact) mass is 493 g/mol. The molecule has 2 N–H and O–H groups in total. The van der Waals surface area contributed by atoms with Crippen molar-refractivity contribution in [1.29, 1.82) is 0 Å². The molecule has 0 unspecified atom stereocenters. The number of ether oxygens (including phenoxy) is 1. The Morgan fingerprint density at radius 2 is 1.77 bits per heavy atom. The van der Waals surface area contributed by atoms with Gasteiger partial charge < -0.3 is 20.3 Å². The summed E-state index contributed by atoms with van der Waals surface area (Å²) in [4.78, 5) is 39.8. The topological polar surface area (TPSA) is 114 Å². The summed E-state index contributed by atoms with van der Waals surface area (Å²) in [7, 11) is 1.61. The zero-order valence-electron chi connectivity index (χ0n) is 19.6. The van der Waals surface area contributed by atoms with Crippen LogP contribution in [0.2, 0.25) is 0 Å². The summed E-state index contributed by atoms with van der Waals surface area (Å²) in [5.41, 5.74) is 2.69. The van der Waals surface area contributed by atoms with E-state index in [0.717, 1.165) is 28.2 Å². The van der Waals surface area contributed by atoms with E-state index in [1.807, 2.05) is 43.3 Å². The fourth-order valence-corrected chi connectivity index (χ4v) is 4.52. The highest BCUT2D eigenvalue weighted by atomic mass is 32.1. The minimum atomic E-state index is -0.417. The Kier molecular flexibility index (Phi) is 7.71. The van der Waals surface area contributed by atoms with Crippen LogP contribution in [-0.4, -0.2) is 53.0 Å². The molecule has 3 amide bonds. The van der Waals surface area contributed by atoms with Crippen molar-refractivity contribution in [3.63, 3.8) is 0 Å². The lowest BCUT2D eigenvalue weighted by Gasteiger charge is -2.31. The van der Waals surface area contributed by atoms with Gasteiger partial charge in [0.15, 0.2) is 0 Å². The van der Waals surface area contributed by atoms with Gasteiger partial charge in [-0.25, -0.2) is 0 Å². The molecular formula is C25H27N5O4S. The second kappa shape index (κ2) is 11.1. The third-order valence-electron chi connectivity index (χ3n) is 5.82. The van der Waals surface area contributed by atoms with E-state index in [2.05, 4.69) is 20.8 Å². The van der Waals surface area contributed by atoms with Gasteiger partial charge in [-0.1, -0.05) is 41.2 Å². The molecule has 2 aromatic carbocycles. The van der Waals surface area contributed by atoms with Crippen LogP contribution in [0.15, 0.2) is 48.5 Å². The van der Waals surface area contributed by atoms with Crippen LogP contribution in [0.5, 0.6) is 5.75 Å². The number of methoxy groups -OCH3 is 1. The van der Waals surface area contributed by atoms with Crippen molar-refractivity contribution in [3.8, 4) is 5.75 Å². The second-order valence-corrected chi connectivity index (χ2v) is 9.37. The number of carbonyl (C=O) groups is 3. The van der Waals surface area contributed by atoms with Crippen LogP contribution in [0.1, 0.15) is 43.6 Å². The molecule has 35 heavy (non-hydrogen) atoms. The van der Waals surface area contributed by atoms with E-state index < -0.39 is 5.91 Å². The number of nitrogens with one attached hydrogen (secondary N) is 2. The summed E-state index contributed by atoms with van der Waals surface area (Å²) in [6.45, 7) is 3.20. The summed E-state index contributed by atoms with van der Waals surface area (Å²) in [5.74, 6) is -0.365. The number of likely N-dealkylation sites (tertiary alicyclic amines) is 1. The highest BCUT2D eigenvalue weighted by Gasteiger charge is 2.30. The maximum absolute atomic E-state index is 13.0. The Balaban J connectivity index is 1.32. The molecule has 0 aliphatic carbocycles. The van der Waals surface area contributed by atoms with Gasteiger partial charge in [-0.05, 0) is 49.6 Å². The van der Waals surface area contributed by atoms with Crippen molar-refractivity contribution < 1.29 is 19.1 Å². The number of benzene rings is 2. The molecule has 1 aliphatic heterocycles. The highest BCUT2D eigenvalue weighted by Crippen LogP contribution is 2.21. The van der Waals surface area contributed by atoms with Crippen LogP contribution < -0.4 is 15.4 Å². The quantitative estimate of drug-likeness (QED) is 0.522. The molecule has 1 fully saturated rings. The predicted octanol–water partition coefficient (Wildman–Crippen LogP) is 3.28. The third-order valence-corrected chi connectivity index (χ3v) is 6.73. The average molecular weight is 494 g/mol. The van der Waals surface area contributed by atoms with E-state index in [-0.39, 0.29) is 27.7 Å². The molecule has 0 saturated carbocycles. The largest absolute Gasteiger partial charge is 0.497 e. The number of anilines is 1. The normalized spacial score (nSPS) is 15.4. The summed E-state index contributed by atoms with van der Waals surface area (Å²) in [6, 6.07) is 14.9. The molecule has 0 radical (unpaired) electrons. The van der Waals surface area contributed by atoms with E-state index in [0.29, 0.717) is 38.2 Å². The van der Waals surface area contributed by atoms with E-state index in [1.54, 1.807) is 24.1 Å².